The zero-order valence-electron chi connectivity index (χ0n) is 12.0. The summed E-state index contributed by atoms with van der Waals surface area (Å²) in [5.41, 5.74) is 5.42. The molecule has 0 amide bonds. The molecule has 0 bridgehead atoms. The highest BCUT2D eigenvalue weighted by Gasteiger charge is 2.45. The van der Waals surface area contributed by atoms with Gasteiger partial charge >= 0.3 is 0 Å². The average Bonchev–Trinajstić information content (AvgIpc) is 2.46. The summed E-state index contributed by atoms with van der Waals surface area (Å²) in [5.74, 6) is 0. The topological polar surface area (TPSA) is 76.3 Å². The van der Waals surface area contributed by atoms with Gasteiger partial charge in [-0.1, -0.05) is 12.1 Å². The van der Waals surface area contributed by atoms with Crippen LogP contribution in [0.2, 0.25) is 0 Å². The van der Waals surface area contributed by atoms with Gasteiger partial charge in [-0.3, -0.25) is 4.98 Å². The molecule has 0 atom stereocenters. The predicted molar refractivity (Wildman–Crippen MR) is 82.3 cm³/mol. The van der Waals surface area contributed by atoms with Crippen molar-refractivity contribution in [3.63, 3.8) is 0 Å². The number of benzene rings is 1. The van der Waals surface area contributed by atoms with E-state index in [4.69, 9.17) is 5.73 Å². The van der Waals surface area contributed by atoms with Crippen LogP contribution < -0.4 is 5.73 Å². The Balaban J connectivity index is 2.13. The lowest BCUT2D eigenvalue weighted by molar-refractivity contribution is 0.117. The third kappa shape index (κ3) is 2.14. The number of nitrogens with zero attached hydrogens (tertiary/aromatic N) is 2. The maximum Gasteiger partial charge on any atom is 0.243 e. The Bertz CT molecular complexity index is 759. The molecule has 2 N–H and O–H groups in total. The van der Waals surface area contributed by atoms with Gasteiger partial charge in [0.1, 0.15) is 0 Å². The summed E-state index contributed by atoms with van der Waals surface area (Å²) in [5, 5.41) is 1.52. The first-order chi connectivity index (χ1) is 10.0. The lowest BCUT2D eigenvalue weighted by atomic mass is 9.77. The van der Waals surface area contributed by atoms with Crippen molar-refractivity contribution in [1.29, 1.82) is 0 Å². The average molecular weight is 305 g/mol. The summed E-state index contributed by atoms with van der Waals surface area (Å²) in [6.07, 6.45) is 5.97. The Kier molecular flexibility index (Phi) is 3.47. The van der Waals surface area contributed by atoms with Gasteiger partial charge < -0.3 is 5.73 Å². The highest BCUT2D eigenvalue weighted by atomic mass is 32.2. The van der Waals surface area contributed by atoms with Gasteiger partial charge in [0.2, 0.25) is 10.0 Å². The molecule has 112 valence electrons. The standard InChI is InChI=1S/C15H19N3O2S/c1-18(15(11-16)7-3-8-15)21(19,20)14-5-2-4-12-10-17-9-6-13(12)14/h2,4-6,9-10H,3,7-8,11,16H2,1H3. The number of aromatic nitrogens is 1. The minimum Gasteiger partial charge on any atom is -0.329 e. The molecular weight excluding hydrogens is 286 g/mol. The number of hydrogen-bond donors (Lipinski definition) is 1. The van der Waals surface area contributed by atoms with Crippen LogP contribution in [0.4, 0.5) is 0 Å². The fourth-order valence-corrected chi connectivity index (χ4v) is 4.73. The Morgan fingerprint density at radius 1 is 1.33 bits per heavy atom. The number of likely N-dealkylation sites (N-methyl/N-ethyl adjacent to an activating group) is 1. The van der Waals surface area contributed by atoms with Crippen molar-refractivity contribution in [3.8, 4) is 0 Å². The van der Waals surface area contributed by atoms with Crippen molar-refractivity contribution in [2.45, 2.75) is 29.7 Å². The first-order valence-corrected chi connectivity index (χ1v) is 8.47. The molecule has 0 aliphatic heterocycles. The minimum absolute atomic E-state index is 0.324. The molecule has 0 spiro atoms. The maximum atomic E-state index is 13.0. The highest BCUT2D eigenvalue weighted by Crippen LogP contribution is 2.39. The van der Waals surface area contributed by atoms with Crippen LogP contribution in [0.5, 0.6) is 0 Å². The number of hydrogen-bond acceptors (Lipinski definition) is 4. The molecule has 1 aromatic heterocycles. The molecule has 1 fully saturated rings. The van der Waals surface area contributed by atoms with Crippen molar-refractivity contribution in [2.75, 3.05) is 13.6 Å². The molecule has 0 saturated heterocycles. The Morgan fingerprint density at radius 3 is 2.71 bits per heavy atom. The van der Waals surface area contributed by atoms with Crippen LogP contribution in [-0.4, -0.2) is 36.8 Å². The largest absolute Gasteiger partial charge is 0.329 e. The Morgan fingerprint density at radius 2 is 2.10 bits per heavy atom. The fraction of sp³-hybridized carbons (Fsp3) is 0.400. The van der Waals surface area contributed by atoms with E-state index < -0.39 is 15.6 Å². The van der Waals surface area contributed by atoms with Gasteiger partial charge in [-0.05, 0) is 31.4 Å². The summed E-state index contributed by atoms with van der Waals surface area (Å²) in [7, 11) is -1.93. The number of sulfonamides is 1. The fourth-order valence-electron chi connectivity index (χ4n) is 2.95. The minimum atomic E-state index is -3.57. The van der Waals surface area contributed by atoms with Gasteiger partial charge in [-0.25, -0.2) is 8.42 Å². The second-order valence-electron chi connectivity index (χ2n) is 5.61. The molecular formula is C15H19N3O2S. The third-order valence-corrected chi connectivity index (χ3v) is 6.63. The van der Waals surface area contributed by atoms with Crippen LogP contribution in [0.25, 0.3) is 10.8 Å². The van der Waals surface area contributed by atoms with Gasteiger partial charge in [-0.2, -0.15) is 4.31 Å². The van der Waals surface area contributed by atoms with Crippen molar-refractivity contribution >= 4 is 20.8 Å². The van der Waals surface area contributed by atoms with E-state index in [1.165, 1.54) is 4.31 Å². The molecule has 5 nitrogen and oxygen atoms in total. The smallest absolute Gasteiger partial charge is 0.243 e. The predicted octanol–water partition coefficient (Wildman–Crippen LogP) is 1.74. The van der Waals surface area contributed by atoms with Crippen molar-refractivity contribution in [1.82, 2.24) is 9.29 Å². The molecule has 0 radical (unpaired) electrons. The summed E-state index contributed by atoms with van der Waals surface area (Å²) >= 11 is 0. The van der Waals surface area contributed by atoms with E-state index in [0.717, 1.165) is 24.6 Å². The van der Waals surface area contributed by atoms with Crippen LogP contribution in [0.1, 0.15) is 19.3 Å². The monoisotopic (exact) mass is 305 g/mol. The molecule has 21 heavy (non-hydrogen) atoms. The lowest BCUT2D eigenvalue weighted by Crippen LogP contribution is -2.58. The first-order valence-electron chi connectivity index (χ1n) is 7.03. The number of rotatable bonds is 4. The maximum absolute atomic E-state index is 13.0. The van der Waals surface area contributed by atoms with Gasteiger partial charge in [0.05, 0.1) is 4.90 Å². The number of pyridine rings is 1. The van der Waals surface area contributed by atoms with E-state index in [9.17, 15) is 8.42 Å². The van der Waals surface area contributed by atoms with Gasteiger partial charge in [-0.15, -0.1) is 0 Å². The zero-order chi connectivity index (χ0) is 15.1. The number of nitrogens with two attached hydrogens (primary N) is 1. The third-order valence-electron chi connectivity index (χ3n) is 4.61. The normalized spacial score (nSPS) is 17.9. The molecule has 1 aliphatic rings. The first kappa shape index (κ1) is 14.4. The molecule has 0 unspecified atom stereocenters. The van der Waals surface area contributed by atoms with E-state index in [1.807, 2.05) is 6.07 Å². The van der Waals surface area contributed by atoms with Crippen molar-refractivity contribution in [3.05, 3.63) is 36.7 Å². The van der Waals surface area contributed by atoms with Crippen LogP contribution in [-0.2, 0) is 10.0 Å². The molecule has 3 rings (SSSR count). The molecule has 1 aromatic carbocycles. The second kappa shape index (κ2) is 5.05. The van der Waals surface area contributed by atoms with Gasteiger partial charge in [0.15, 0.2) is 0 Å². The van der Waals surface area contributed by atoms with Gasteiger partial charge in [0.25, 0.3) is 0 Å². The van der Waals surface area contributed by atoms with Gasteiger partial charge in [0, 0.05) is 42.3 Å². The molecule has 2 aromatic rings. The molecule has 1 saturated carbocycles. The summed E-state index contributed by atoms with van der Waals surface area (Å²) < 4.78 is 27.5. The Hall–Kier alpha value is -1.50. The van der Waals surface area contributed by atoms with E-state index in [-0.39, 0.29) is 0 Å². The van der Waals surface area contributed by atoms with E-state index >= 15 is 0 Å². The molecule has 1 aliphatic carbocycles. The van der Waals surface area contributed by atoms with Crippen LogP contribution >= 0.6 is 0 Å². The second-order valence-corrected chi connectivity index (χ2v) is 7.55. The lowest BCUT2D eigenvalue weighted by Gasteiger charge is -2.47. The van der Waals surface area contributed by atoms with Crippen LogP contribution in [0.3, 0.4) is 0 Å². The van der Waals surface area contributed by atoms with Crippen molar-refractivity contribution < 1.29 is 8.42 Å². The zero-order valence-corrected chi connectivity index (χ0v) is 12.8. The summed E-state index contributed by atoms with van der Waals surface area (Å²) in [6.45, 7) is 0.356. The highest BCUT2D eigenvalue weighted by molar-refractivity contribution is 7.89. The van der Waals surface area contributed by atoms with E-state index in [2.05, 4.69) is 4.98 Å². The van der Waals surface area contributed by atoms with E-state index in [0.29, 0.717) is 16.8 Å². The summed E-state index contributed by atoms with van der Waals surface area (Å²) in [4.78, 5) is 4.37. The van der Waals surface area contributed by atoms with Crippen LogP contribution in [0.15, 0.2) is 41.6 Å². The van der Waals surface area contributed by atoms with Crippen LogP contribution in [0, 0.1) is 0 Å². The summed E-state index contributed by atoms with van der Waals surface area (Å²) in [6, 6.07) is 7.01. The molecule has 6 heteroatoms. The molecule has 1 heterocycles. The Labute approximate surface area is 124 Å². The van der Waals surface area contributed by atoms with Crippen molar-refractivity contribution in [2.24, 2.45) is 5.73 Å². The number of fused-ring (bicyclic) bond motifs is 1. The van der Waals surface area contributed by atoms with E-state index in [1.54, 1.807) is 37.6 Å². The SMILES string of the molecule is CN(C1(CN)CCC1)S(=O)(=O)c1cccc2cnccc12. The quantitative estimate of drug-likeness (QED) is 0.933.